The van der Waals surface area contributed by atoms with Crippen molar-refractivity contribution in [2.45, 2.75) is 6.92 Å². The third kappa shape index (κ3) is 1.03. The fraction of sp³-hybridized carbons (Fsp3) is 0.125. The largest absolute Gasteiger partial charge is 0.197 e. The molecule has 0 aliphatic heterocycles. The van der Waals surface area contributed by atoms with Crippen molar-refractivity contribution in [3.63, 3.8) is 0 Å². The molecule has 2 rings (SSSR count). The predicted octanol–water partition coefficient (Wildman–Crippen LogP) is 3.26. The fourth-order valence-electron chi connectivity index (χ4n) is 1.05. The van der Waals surface area contributed by atoms with Crippen LogP contribution >= 0.6 is 23.1 Å². The van der Waals surface area contributed by atoms with E-state index in [-0.39, 0.29) is 0 Å². The maximum absolute atomic E-state index is 5.94. The van der Waals surface area contributed by atoms with E-state index in [1.54, 1.807) is 0 Å². The summed E-state index contributed by atoms with van der Waals surface area (Å²) in [4.78, 5) is 0. The molecular weight excluding hydrogens is 178 g/mol. The van der Waals surface area contributed by atoms with Crippen molar-refractivity contribution >= 4 is 33.2 Å². The first kappa shape index (κ1) is 7.07. The summed E-state index contributed by atoms with van der Waals surface area (Å²) in [6, 6.07) is 5.88. The highest BCUT2D eigenvalue weighted by Crippen LogP contribution is 2.28. The number of aryl methyl sites for hydroxylation is 1. The Bertz CT molecular complexity index is 394. The minimum Gasteiger partial charge on any atom is -0.197 e. The molecule has 1 aromatic carbocycles. The molecule has 1 nitrogen and oxygen atoms in total. The van der Waals surface area contributed by atoms with Crippen LogP contribution in [0.4, 0.5) is 0 Å². The third-order valence-corrected chi connectivity index (χ3v) is 3.05. The van der Waals surface area contributed by atoms with Gasteiger partial charge in [0.25, 0.3) is 0 Å². The number of hydrogen-bond donors (Lipinski definition) is 0. The van der Waals surface area contributed by atoms with Crippen molar-refractivity contribution in [2.24, 2.45) is 0 Å². The predicted molar refractivity (Wildman–Crippen MR) is 49.4 cm³/mol. The van der Waals surface area contributed by atoms with E-state index >= 15 is 0 Å². The minimum absolute atomic E-state index is 0.799. The SMILES string of the molecule is Cc1nsc2c(Cl)cccc12. The first-order valence-electron chi connectivity index (χ1n) is 3.29. The molecule has 0 aliphatic rings. The highest BCUT2D eigenvalue weighted by Gasteiger charge is 2.03. The molecule has 0 saturated carbocycles. The Balaban J connectivity index is 2.94. The molecule has 11 heavy (non-hydrogen) atoms. The highest BCUT2D eigenvalue weighted by molar-refractivity contribution is 7.14. The van der Waals surface area contributed by atoms with Gasteiger partial charge in [-0.15, -0.1) is 0 Å². The zero-order valence-corrected chi connectivity index (χ0v) is 7.54. The molecule has 1 heterocycles. The summed E-state index contributed by atoms with van der Waals surface area (Å²) in [6.07, 6.45) is 0. The van der Waals surface area contributed by atoms with E-state index in [4.69, 9.17) is 11.6 Å². The molecule has 56 valence electrons. The Kier molecular flexibility index (Phi) is 1.59. The van der Waals surface area contributed by atoms with Crippen molar-refractivity contribution in [2.75, 3.05) is 0 Å². The summed E-state index contributed by atoms with van der Waals surface area (Å²) < 4.78 is 5.30. The zero-order chi connectivity index (χ0) is 7.84. The summed E-state index contributed by atoms with van der Waals surface area (Å²) >= 11 is 7.40. The first-order valence-corrected chi connectivity index (χ1v) is 4.44. The van der Waals surface area contributed by atoms with Crippen LogP contribution in [0.15, 0.2) is 18.2 Å². The quantitative estimate of drug-likeness (QED) is 0.611. The van der Waals surface area contributed by atoms with E-state index < -0.39 is 0 Å². The van der Waals surface area contributed by atoms with Gasteiger partial charge in [0.2, 0.25) is 0 Å². The third-order valence-electron chi connectivity index (χ3n) is 1.63. The van der Waals surface area contributed by atoms with Crippen LogP contribution in [0.3, 0.4) is 0 Å². The van der Waals surface area contributed by atoms with Gasteiger partial charge in [-0.3, -0.25) is 0 Å². The zero-order valence-electron chi connectivity index (χ0n) is 5.97. The second-order valence-electron chi connectivity index (χ2n) is 2.38. The van der Waals surface area contributed by atoms with E-state index in [1.807, 2.05) is 25.1 Å². The molecule has 0 atom stereocenters. The Morgan fingerprint density at radius 3 is 3.00 bits per heavy atom. The lowest BCUT2D eigenvalue weighted by Crippen LogP contribution is -1.68. The summed E-state index contributed by atoms with van der Waals surface area (Å²) in [6.45, 7) is 2.00. The number of fused-ring (bicyclic) bond motifs is 1. The standard InChI is InChI=1S/C8H6ClNS/c1-5-6-3-2-4-7(9)8(6)11-10-5/h2-4H,1H3. The van der Waals surface area contributed by atoms with Gasteiger partial charge in [-0.1, -0.05) is 23.7 Å². The molecule has 0 N–H and O–H groups in total. The van der Waals surface area contributed by atoms with Gasteiger partial charge in [0.15, 0.2) is 0 Å². The van der Waals surface area contributed by atoms with Crippen LogP contribution in [-0.2, 0) is 0 Å². The molecule has 0 amide bonds. The van der Waals surface area contributed by atoms with Gasteiger partial charge in [0.05, 0.1) is 15.4 Å². The fourth-order valence-corrected chi connectivity index (χ4v) is 2.12. The molecule has 0 aliphatic carbocycles. The Morgan fingerprint density at radius 1 is 1.45 bits per heavy atom. The Morgan fingerprint density at radius 2 is 2.27 bits per heavy atom. The van der Waals surface area contributed by atoms with Gasteiger partial charge in [-0.25, -0.2) is 0 Å². The summed E-state index contributed by atoms with van der Waals surface area (Å²) in [5.74, 6) is 0. The van der Waals surface area contributed by atoms with Crippen LogP contribution in [0, 0.1) is 6.92 Å². The molecule has 1 aromatic heterocycles. The van der Waals surface area contributed by atoms with E-state index in [2.05, 4.69) is 4.37 Å². The smallest absolute Gasteiger partial charge is 0.0738 e. The molecule has 0 bridgehead atoms. The molecule has 0 spiro atoms. The van der Waals surface area contributed by atoms with Gasteiger partial charge in [0.1, 0.15) is 0 Å². The van der Waals surface area contributed by atoms with Crippen LogP contribution in [-0.4, -0.2) is 4.37 Å². The molecule has 0 radical (unpaired) electrons. The summed E-state index contributed by atoms with van der Waals surface area (Å²) in [5.41, 5.74) is 1.06. The van der Waals surface area contributed by atoms with E-state index in [0.717, 1.165) is 15.4 Å². The number of halogens is 1. The van der Waals surface area contributed by atoms with Crippen LogP contribution < -0.4 is 0 Å². The number of hydrogen-bond acceptors (Lipinski definition) is 2. The van der Waals surface area contributed by atoms with Crippen LogP contribution in [0.5, 0.6) is 0 Å². The molecule has 0 fully saturated rings. The minimum atomic E-state index is 0.799. The van der Waals surface area contributed by atoms with Gasteiger partial charge >= 0.3 is 0 Å². The molecule has 0 unspecified atom stereocenters. The molecule has 2 aromatic rings. The van der Waals surface area contributed by atoms with E-state index in [1.165, 1.54) is 16.9 Å². The monoisotopic (exact) mass is 183 g/mol. The van der Waals surface area contributed by atoms with Crippen molar-refractivity contribution in [1.29, 1.82) is 0 Å². The van der Waals surface area contributed by atoms with Crippen molar-refractivity contribution in [3.8, 4) is 0 Å². The van der Waals surface area contributed by atoms with E-state index in [9.17, 15) is 0 Å². The molecule has 3 heteroatoms. The number of rotatable bonds is 0. The summed E-state index contributed by atoms with van der Waals surface area (Å²) in [7, 11) is 0. The van der Waals surface area contributed by atoms with Crippen LogP contribution in [0.25, 0.3) is 10.1 Å². The Hall–Kier alpha value is -0.600. The number of nitrogens with zero attached hydrogens (tertiary/aromatic N) is 1. The average molecular weight is 184 g/mol. The lowest BCUT2D eigenvalue weighted by molar-refractivity contribution is 1.37. The van der Waals surface area contributed by atoms with Crippen molar-refractivity contribution < 1.29 is 0 Å². The maximum atomic E-state index is 5.94. The number of benzene rings is 1. The second-order valence-corrected chi connectivity index (χ2v) is 3.57. The van der Waals surface area contributed by atoms with Crippen LogP contribution in [0.2, 0.25) is 5.02 Å². The Labute approximate surface area is 73.8 Å². The lowest BCUT2D eigenvalue weighted by Gasteiger charge is -1.90. The maximum Gasteiger partial charge on any atom is 0.0738 e. The lowest BCUT2D eigenvalue weighted by atomic mass is 10.2. The van der Waals surface area contributed by atoms with Crippen LogP contribution in [0.1, 0.15) is 5.69 Å². The normalized spacial score (nSPS) is 10.7. The van der Waals surface area contributed by atoms with Gasteiger partial charge < -0.3 is 0 Å². The molecular formula is C8H6ClNS. The topological polar surface area (TPSA) is 12.9 Å². The highest BCUT2D eigenvalue weighted by atomic mass is 35.5. The number of aromatic nitrogens is 1. The van der Waals surface area contributed by atoms with Gasteiger partial charge in [-0.2, -0.15) is 4.37 Å². The molecule has 0 saturated heterocycles. The first-order chi connectivity index (χ1) is 5.29. The second kappa shape index (κ2) is 2.47. The average Bonchev–Trinajstić information content (AvgIpc) is 2.35. The van der Waals surface area contributed by atoms with Gasteiger partial charge in [-0.05, 0) is 24.5 Å². The van der Waals surface area contributed by atoms with Crippen molar-refractivity contribution in [3.05, 3.63) is 28.9 Å². The van der Waals surface area contributed by atoms with Gasteiger partial charge in [0, 0.05) is 5.39 Å². The van der Waals surface area contributed by atoms with E-state index in [0.29, 0.717) is 0 Å². The van der Waals surface area contributed by atoms with Crippen molar-refractivity contribution in [1.82, 2.24) is 4.37 Å². The summed E-state index contributed by atoms with van der Waals surface area (Å²) in [5, 5.41) is 1.97.